The van der Waals surface area contributed by atoms with E-state index in [0.717, 1.165) is 6.26 Å². The average molecular weight is 202 g/mol. The van der Waals surface area contributed by atoms with Crippen LogP contribution < -0.4 is 8.92 Å². The van der Waals surface area contributed by atoms with Gasteiger partial charge in [-0.1, -0.05) is 0 Å². The van der Waals surface area contributed by atoms with Crippen LogP contribution in [-0.2, 0) is 10.1 Å². The van der Waals surface area contributed by atoms with Crippen molar-refractivity contribution in [3.05, 3.63) is 24.3 Å². The highest BCUT2D eigenvalue weighted by Gasteiger charge is 2.03. The molecule has 0 saturated carbocycles. The van der Waals surface area contributed by atoms with Crippen LogP contribution in [0.5, 0.6) is 11.5 Å². The van der Waals surface area contributed by atoms with Gasteiger partial charge in [-0.05, 0) is 24.3 Å². The Hall–Kier alpha value is -1.23. The lowest BCUT2D eigenvalue weighted by Crippen LogP contribution is -2.05. The summed E-state index contributed by atoms with van der Waals surface area (Å²) >= 11 is 0. The van der Waals surface area contributed by atoms with E-state index in [-0.39, 0.29) is 5.75 Å². The van der Waals surface area contributed by atoms with Crippen molar-refractivity contribution in [1.29, 1.82) is 0 Å². The van der Waals surface area contributed by atoms with E-state index < -0.39 is 10.1 Å². The third kappa shape index (κ3) is 3.33. The Morgan fingerprint density at radius 3 is 1.92 bits per heavy atom. The van der Waals surface area contributed by atoms with E-state index in [0.29, 0.717) is 5.75 Å². The molecule has 0 spiro atoms. The molecule has 0 unspecified atom stereocenters. The zero-order valence-electron chi connectivity index (χ0n) is 7.35. The number of benzene rings is 1. The van der Waals surface area contributed by atoms with Crippen molar-refractivity contribution in [2.24, 2.45) is 0 Å². The number of hydrogen-bond donors (Lipinski definition) is 0. The maximum absolute atomic E-state index is 10.7. The molecule has 0 aliphatic rings. The van der Waals surface area contributed by atoms with Crippen LogP contribution in [0.3, 0.4) is 0 Å². The van der Waals surface area contributed by atoms with Crippen molar-refractivity contribution >= 4 is 10.1 Å². The van der Waals surface area contributed by atoms with Gasteiger partial charge in [0.2, 0.25) is 0 Å². The molecule has 13 heavy (non-hydrogen) atoms. The highest BCUT2D eigenvalue weighted by Crippen LogP contribution is 2.17. The summed E-state index contributed by atoms with van der Waals surface area (Å²) in [6.07, 6.45) is 0.997. The van der Waals surface area contributed by atoms with Crippen LogP contribution in [0.4, 0.5) is 0 Å². The molecule has 1 aromatic rings. The number of ether oxygens (including phenoxy) is 1. The van der Waals surface area contributed by atoms with Crippen molar-refractivity contribution < 1.29 is 17.3 Å². The van der Waals surface area contributed by atoms with E-state index in [4.69, 9.17) is 4.74 Å². The maximum atomic E-state index is 10.7. The SMILES string of the molecule is COc1ccc(OS(C)(=O)=O)cc1. The summed E-state index contributed by atoms with van der Waals surface area (Å²) in [5.74, 6) is 0.934. The fourth-order valence-corrected chi connectivity index (χ4v) is 1.27. The molecule has 0 N–H and O–H groups in total. The third-order valence-electron chi connectivity index (χ3n) is 1.31. The molecule has 0 atom stereocenters. The molecule has 0 aliphatic carbocycles. The van der Waals surface area contributed by atoms with Crippen LogP contribution in [0, 0.1) is 0 Å². The lowest BCUT2D eigenvalue weighted by Gasteiger charge is -2.03. The molecule has 0 heterocycles. The first-order valence-electron chi connectivity index (χ1n) is 3.55. The van der Waals surface area contributed by atoms with E-state index in [9.17, 15) is 8.42 Å². The van der Waals surface area contributed by atoms with Crippen LogP contribution in [0.1, 0.15) is 0 Å². The van der Waals surface area contributed by atoms with Gasteiger partial charge in [0.05, 0.1) is 13.4 Å². The molecular formula is C8H10O4S. The van der Waals surface area contributed by atoms with E-state index >= 15 is 0 Å². The Labute approximate surface area is 77.2 Å². The zero-order valence-corrected chi connectivity index (χ0v) is 8.17. The van der Waals surface area contributed by atoms with Crippen molar-refractivity contribution in [2.75, 3.05) is 13.4 Å². The van der Waals surface area contributed by atoms with Crippen LogP contribution in [0.2, 0.25) is 0 Å². The Morgan fingerprint density at radius 2 is 1.54 bits per heavy atom. The second-order valence-electron chi connectivity index (χ2n) is 2.46. The van der Waals surface area contributed by atoms with Gasteiger partial charge in [0.25, 0.3) is 0 Å². The van der Waals surface area contributed by atoms with Crippen LogP contribution >= 0.6 is 0 Å². The first-order chi connectivity index (χ1) is 6.01. The smallest absolute Gasteiger partial charge is 0.306 e. The lowest BCUT2D eigenvalue weighted by atomic mass is 10.3. The zero-order chi connectivity index (χ0) is 9.90. The minimum absolute atomic E-state index is 0.281. The minimum Gasteiger partial charge on any atom is -0.497 e. The number of methoxy groups -OCH3 is 1. The normalized spacial score (nSPS) is 10.9. The van der Waals surface area contributed by atoms with E-state index in [1.165, 1.54) is 19.2 Å². The van der Waals surface area contributed by atoms with Gasteiger partial charge in [0, 0.05) is 0 Å². The number of rotatable bonds is 3. The van der Waals surface area contributed by atoms with Gasteiger partial charge in [-0.25, -0.2) is 0 Å². The van der Waals surface area contributed by atoms with Gasteiger partial charge in [-0.15, -0.1) is 0 Å². The van der Waals surface area contributed by atoms with Gasteiger partial charge in [-0.2, -0.15) is 8.42 Å². The van der Waals surface area contributed by atoms with E-state index in [2.05, 4.69) is 4.18 Å². The van der Waals surface area contributed by atoms with Gasteiger partial charge in [0.1, 0.15) is 11.5 Å². The largest absolute Gasteiger partial charge is 0.497 e. The topological polar surface area (TPSA) is 52.6 Å². The monoisotopic (exact) mass is 202 g/mol. The standard InChI is InChI=1S/C8H10O4S/c1-11-7-3-5-8(6-4-7)12-13(2,9)10/h3-6H,1-2H3. The molecule has 0 aliphatic heterocycles. The Morgan fingerprint density at radius 1 is 1.08 bits per heavy atom. The summed E-state index contributed by atoms with van der Waals surface area (Å²) in [5.41, 5.74) is 0. The van der Waals surface area contributed by atoms with Crippen LogP contribution in [-0.4, -0.2) is 21.8 Å². The molecule has 0 radical (unpaired) electrons. The Balaban J connectivity index is 2.81. The third-order valence-corrected chi connectivity index (χ3v) is 1.80. The molecule has 0 aromatic heterocycles. The second-order valence-corrected chi connectivity index (χ2v) is 4.04. The second kappa shape index (κ2) is 3.66. The molecule has 1 aromatic carbocycles. The Kier molecular flexibility index (Phi) is 2.77. The fraction of sp³-hybridized carbons (Fsp3) is 0.250. The minimum atomic E-state index is -3.44. The Bertz CT molecular complexity index is 366. The van der Waals surface area contributed by atoms with Crippen molar-refractivity contribution in [3.63, 3.8) is 0 Å². The van der Waals surface area contributed by atoms with Crippen molar-refractivity contribution in [1.82, 2.24) is 0 Å². The molecular weight excluding hydrogens is 192 g/mol. The average Bonchev–Trinajstić information content (AvgIpc) is 2.03. The van der Waals surface area contributed by atoms with Gasteiger partial charge in [0.15, 0.2) is 0 Å². The summed E-state index contributed by atoms with van der Waals surface area (Å²) in [4.78, 5) is 0. The van der Waals surface area contributed by atoms with Gasteiger partial charge >= 0.3 is 10.1 Å². The molecule has 0 amide bonds. The molecule has 0 fully saturated rings. The summed E-state index contributed by atoms with van der Waals surface area (Å²) in [5, 5.41) is 0. The van der Waals surface area contributed by atoms with Crippen molar-refractivity contribution in [2.45, 2.75) is 0 Å². The quantitative estimate of drug-likeness (QED) is 0.687. The summed E-state index contributed by atoms with van der Waals surface area (Å²) in [6, 6.07) is 6.31. The molecule has 0 bridgehead atoms. The highest BCUT2D eigenvalue weighted by atomic mass is 32.2. The maximum Gasteiger partial charge on any atom is 0.306 e. The van der Waals surface area contributed by atoms with Crippen molar-refractivity contribution in [3.8, 4) is 11.5 Å². The molecule has 4 nitrogen and oxygen atoms in total. The summed E-state index contributed by atoms with van der Waals surface area (Å²) in [7, 11) is -1.90. The molecule has 72 valence electrons. The predicted molar refractivity (Wildman–Crippen MR) is 48.5 cm³/mol. The van der Waals surface area contributed by atoms with Crippen LogP contribution in [0.15, 0.2) is 24.3 Å². The van der Waals surface area contributed by atoms with Crippen LogP contribution in [0.25, 0.3) is 0 Å². The lowest BCUT2D eigenvalue weighted by molar-refractivity contribution is 0.413. The summed E-state index contributed by atoms with van der Waals surface area (Å²) < 4.78 is 30.9. The molecule has 0 saturated heterocycles. The first-order valence-corrected chi connectivity index (χ1v) is 5.36. The number of hydrogen-bond acceptors (Lipinski definition) is 4. The molecule has 5 heteroatoms. The van der Waals surface area contributed by atoms with E-state index in [1.54, 1.807) is 12.1 Å². The highest BCUT2D eigenvalue weighted by molar-refractivity contribution is 7.86. The van der Waals surface area contributed by atoms with Gasteiger partial charge < -0.3 is 8.92 Å². The van der Waals surface area contributed by atoms with E-state index in [1.807, 2.05) is 0 Å². The van der Waals surface area contributed by atoms with Gasteiger partial charge in [-0.3, -0.25) is 0 Å². The summed E-state index contributed by atoms with van der Waals surface area (Å²) in [6.45, 7) is 0. The predicted octanol–water partition coefficient (Wildman–Crippen LogP) is 1.03. The molecule has 1 rings (SSSR count). The fourth-order valence-electron chi connectivity index (χ4n) is 0.806. The first kappa shape index (κ1) is 9.85.